The van der Waals surface area contributed by atoms with E-state index in [0.29, 0.717) is 55.8 Å². The van der Waals surface area contributed by atoms with E-state index in [1.54, 1.807) is 46.3 Å². The molecule has 5 aliphatic rings. The molecule has 4 aliphatic carbocycles. The van der Waals surface area contributed by atoms with Crippen LogP contribution in [0.4, 0.5) is 9.59 Å². The Balaban J connectivity index is 0.000000341. The molecule has 310 valence electrons. The van der Waals surface area contributed by atoms with Gasteiger partial charge in [0.1, 0.15) is 11.2 Å². The summed E-state index contributed by atoms with van der Waals surface area (Å²) in [6.45, 7) is 9.97. The molecular weight excluding hydrogens is 876 g/mol. The molecule has 4 saturated carbocycles. The lowest BCUT2D eigenvalue weighted by Gasteiger charge is -2.20. The summed E-state index contributed by atoms with van der Waals surface area (Å²) in [5.41, 5.74) is -1.41. The van der Waals surface area contributed by atoms with E-state index < -0.39 is 81.4 Å². The Hall–Kier alpha value is -1.44. The van der Waals surface area contributed by atoms with Crippen molar-refractivity contribution in [3.8, 4) is 0 Å². The van der Waals surface area contributed by atoms with Crippen molar-refractivity contribution in [2.45, 2.75) is 135 Å². The first kappa shape index (κ1) is 49.6. The Morgan fingerprint density at radius 1 is 0.660 bits per heavy atom. The van der Waals surface area contributed by atoms with Gasteiger partial charge in [0.05, 0.1) is 5.25 Å². The quantitative estimate of drug-likeness (QED) is 0.169. The summed E-state index contributed by atoms with van der Waals surface area (Å²) in [5.74, 6) is -0.590. The summed E-state index contributed by atoms with van der Waals surface area (Å²) in [6, 6.07) is 0. The van der Waals surface area contributed by atoms with Crippen LogP contribution in [0.5, 0.6) is 0 Å². The molecule has 1 saturated heterocycles. The number of halogens is 4. The molecule has 19 nitrogen and oxygen atoms in total. The van der Waals surface area contributed by atoms with Crippen LogP contribution < -0.4 is 19.7 Å². The van der Waals surface area contributed by atoms with Crippen LogP contribution >= 0.6 is 46.6 Å². The molecule has 6 N–H and O–H groups in total. The van der Waals surface area contributed by atoms with Gasteiger partial charge in [-0.2, -0.15) is 4.42 Å². The number of amides is 4. The molecule has 1 aliphatic heterocycles. The lowest BCUT2D eigenvalue weighted by Crippen LogP contribution is -2.40. The van der Waals surface area contributed by atoms with Crippen molar-refractivity contribution < 1.29 is 62.3 Å². The molecule has 0 spiro atoms. The minimum Gasteiger partial charge on any atom is -0.443 e. The van der Waals surface area contributed by atoms with Crippen LogP contribution in [0, 0.1) is 0 Å². The number of primary sulfonamides is 2. The average Bonchev–Trinajstić information content (AvgIpc) is 3.75. The molecule has 0 aromatic carbocycles. The van der Waals surface area contributed by atoms with E-state index in [-0.39, 0.29) is 24.7 Å². The molecule has 5 fully saturated rings. The van der Waals surface area contributed by atoms with Crippen molar-refractivity contribution in [3.63, 3.8) is 0 Å². The minimum atomic E-state index is -3.82. The van der Waals surface area contributed by atoms with E-state index in [4.69, 9.17) is 66.3 Å². The van der Waals surface area contributed by atoms with Crippen LogP contribution in [0.1, 0.15) is 106 Å². The minimum absolute atomic E-state index is 0.266. The van der Waals surface area contributed by atoms with Gasteiger partial charge >= 0.3 is 12.2 Å². The molecule has 1 heterocycles. The van der Waals surface area contributed by atoms with Gasteiger partial charge in [-0.25, -0.2) is 63.0 Å². The molecule has 0 aromatic rings. The number of nitrogens with zero attached hydrogens (tertiary/aromatic N) is 1. The number of nitrogens with one attached hydrogen (secondary N) is 2. The Labute approximate surface area is 330 Å². The number of ether oxygens (including phenoxy) is 2. The molecule has 0 atom stereocenters. The van der Waals surface area contributed by atoms with Crippen LogP contribution in [-0.4, -0.2) is 91.2 Å². The SMILES string of the molecule is CC(C)(C)OC(=O)NS(=O)(=O)C1(Cl)CC1.CC(C)(C)OC(=O)NS(=O)(=O)C1CC1.NS(=O)(=O)C1(Cl)CC1.NS(=O)(=O)C1(Cl)CC1.O=C1CCC(=O)N1Cl. The van der Waals surface area contributed by atoms with E-state index >= 15 is 0 Å². The number of rotatable bonds is 6. The Morgan fingerprint density at radius 3 is 1.15 bits per heavy atom. The number of hydrogen-bond donors (Lipinski definition) is 4. The molecule has 0 bridgehead atoms. The number of nitrogens with two attached hydrogens (primary N) is 2. The fourth-order valence-corrected chi connectivity index (χ4v) is 7.25. The van der Waals surface area contributed by atoms with Gasteiger partial charge < -0.3 is 9.47 Å². The van der Waals surface area contributed by atoms with E-state index in [2.05, 4.69) is 0 Å². The maximum Gasteiger partial charge on any atom is 0.421 e. The van der Waals surface area contributed by atoms with Crippen LogP contribution in [0.15, 0.2) is 0 Å². The van der Waals surface area contributed by atoms with Gasteiger partial charge in [-0.15, -0.1) is 23.2 Å². The number of carbonyl (C=O) groups excluding carboxylic acids is 4. The summed E-state index contributed by atoms with van der Waals surface area (Å²) < 4.78 is 97.4. The van der Waals surface area contributed by atoms with Crippen molar-refractivity contribution >= 4 is 111 Å². The average molecular weight is 922 g/mol. The van der Waals surface area contributed by atoms with Crippen LogP contribution in [0.25, 0.3) is 0 Å². The fraction of sp³-hybridized carbons (Fsp3) is 0.846. The second kappa shape index (κ2) is 17.4. The third-order valence-corrected chi connectivity index (χ3v) is 16.5. The predicted molar refractivity (Wildman–Crippen MR) is 196 cm³/mol. The van der Waals surface area contributed by atoms with E-state index in [0.717, 1.165) is 0 Å². The smallest absolute Gasteiger partial charge is 0.421 e. The van der Waals surface area contributed by atoms with E-state index in [1.807, 2.05) is 4.72 Å². The topological polar surface area (TPSA) is 303 Å². The second-order valence-electron chi connectivity index (χ2n) is 14.3. The summed E-state index contributed by atoms with van der Waals surface area (Å²) in [7, 11) is -14.2. The van der Waals surface area contributed by atoms with Gasteiger partial charge in [0.25, 0.3) is 10.0 Å². The molecule has 5 rings (SSSR count). The first-order chi connectivity index (χ1) is 23.4. The normalized spacial score (nSPS) is 20.9. The molecular formula is C26H45Cl4N5O14S4. The fourth-order valence-electron chi connectivity index (χ4n) is 3.06. The van der Waals surface area contributed by atoms with Crippen molar-refractivity contribution in [3.05, 3.63) is 0 Å². The molecule has 0 aromatic heterocycles. The lowest BCUT2D eigenvalue weighted by molar-refractivity contribution is -0.132. The molecule has 27 heteroatoms. The van der Waals surface area contributed by atoms with E-state index in [1.165, 1.54) is 0 Å². The first-order valence-corrected chi connectivity index (χ1v) is 23.1. The number of sulfonamides is 4. The van der Waals surface area contributed by atoms with Gasteiger partial charge in [-0.1, -0.05) is 11.6 Å². The Kier molecular flexibility index (Phi) is 16.2. The number of carbonyl (C=O) groups is 4. The maximum absolute atomic E-state index is 11.5. The molecule has 4 amide bonds. The zero-order chi connectivity index (χ0) is 41.9. The van der Waals surface area contributed by atoms with Gasteiger partial charge in [-0.05, 0) is 92.9 Å². The standard InChI is InChI=1S/C8H14ClNO4S.C8H15NO4S.C4H4ClNO2.2C3H6ClNO2S/c1-7(2,3)14-6(11)10-15(12,13)8(9)4-5-8;1-8(2,3)13-7(10)9-14(11,12)6-4-5-6;5-6-3(7)1-2-4(6)8;2*4-3(1-2-3)8(5,6)7/h4-5H2,1-3H3,(H,10,11);6H,4-5H2,1-3H3,(H,9,10);1-2H2;2*1-2H2,(H2,5,6,7). The second-order valence-corrected chi connectivity index (χ2v) is 25.1. The van der Waals surface area contributed by atoms with Crippen molar-refractivity contribution in [1.29, 1.82) is 0 Å². The summed E-state index contributed by atoms with van der Waals surface area (Å²) in [5, 5.41) is 9.02. The zero-order valence-electron chi connectivity index (χ0n) is 29.6. The van der Waals surface area contributed by atoms with E-state index in [9.17, 15) is 52.8 Å². The predicted octanol–water partition coefficient (Wildman–Crippen LogP) is 2.87. The summed E-state index contributed by atoms with van der Waals surface area (Å²) in [6.07, 6.45) is 2.57. The molecule has 0 radical (unpaired) electrons. The van der Waals surface area contributed by atoms with Gasteiger partial charge in [0, 0.05) is 24.6 Å². The zero-order valence-corrected chi connectivity index (χ0v) is 35.9. The van der Waals surface area contributed by atoms with Crippen LogP contribution in [0.2, 0.25) is 0 Å². The number of imide groups is 1. The summed E-state index contributed by atoms with van der Waals surface area (Å²) in [4.78, 5) is 43.0. The Morgan fingerprint density at radius 2 is 0.962 bits per heavy atom. The van der Waals surface area contributed by atoms with Crippen molar-refractivity contribution in [2.75, 3.05) is 0 Å². The van der Waals surface area contributed by atoms with Gasteiger partial charge in [0.15, 0.2) is 12.6 Å². The highest BCUT2D eigenvalue weighted by atomic mass is 35.5. The third kappa shape index (κ3) is 17.5. The monoisotopic (exact) mass is 919 g/mol. The molecule has 53 heavy (non-hydrogen) atoms. The maximum atomic E-state index is 11.5. The highest BCUT2D eigenvalue weighted by Gasteiger charge is 2.54. The molecule has 0 unspecified atom stereocenters. The van der Waals surface area contributed by atoms with Gasteiger partial charge in [0.2, 0.25) is 41.9 Å². The largest absolute Gasteiger partial charge is 0.443 e. The number of alkyl halides is 3. The van der Waals surface area contributed by atoms with Crippen molar-refractivity contribution in [2.24, 2.45) is 10.3 Å². The first-order valence-electron chi connectivity index (χ1n) is 15.5. The highest BCUT2D eigenvalue weighted by molar-refractivity contribution is 7.93. The Bertz CT molecular complexity index is 1770. The highest BCUT2D eigenvalue weighted by Crippen LogP contribution is 2.47. The third-order valence-electron chi connectivity index (χ3n) is 6.63. The van der Waals surface area contributed by atoms with Gasteiger partial charge in [-0.3, -0.25) is 9.59 Å². The summed E-state index contributed by atoms with van der Waals surface area (Å²) >= 11 is 21.7. The number of hydrogen-bond acceptors (Lipinski definition) is 14. The lowest BCUT2D eigenvalue weighted by atomic mass is 10.2. The van der Waals surface area contributed by atoms with Crippen molar-refractivity contribution in [1.82, 2.24) is 13.9 Å². The van der Waals surface area contributed by atoms with Crippen LogP contribution in [0.3, 0.4) is 0 Å². The van der Waals surface area contributed by atoms with Crippen LogP contribution in [-0.2, 0) is 59.2 Å².